The average molecular weight is 545 g/mol. The second kappa shape index (κ2) is 13.7. The highest BCUT2D eigenvalue weighted by Gasteiger charge is 2.41. The standard InChI is InChI=1S/C31H36N4O5/c1-21(37)15-26(20-36)34-30(38)28-17-24(16-23-7-4-3-5-8-23)19-35(28)31(39)29-32-18-25(33-29)10-6-9-22-11-13-27(40-2)14-12-22/h3-5,7-8,11-14,18,20,24,26,28H,6,9-10,15-17,19H2,1-2H3,(H,32,33)(H,34,38)/t24-,26+,28+/m1/s1. The molecule has 0 bridgehead atoms. The van der Waals surface area contributed by atoms with Crippen LogP contribution in [0.4, 0.5) is 0 Å². The third kappa shape index (κ3) is 7.65. The summed E-state index contributed by atoms with van der Waals surface area (Å²) in [4.78, 5) is 58.8. The molecule has 0 unspecified atom stereocenters. The Morgan fingerprint density at radius 1 is 1.10 bits per heavy atom. The summed E-state index contributed by atoms with van der Waals surface area (Å²) >= 11 is 0. The highest BCUT2D eigenvalue weighted by molar-refractivity contribution is 5.96. The molecule has 1 saturated heterocycles. The Kier molecular flexibility index (Phi) is 9.83. The number of H-pyrrole nitrogens is 1. The second-order valence-electron chi connectivity index (χ2n) is 10.4. The predicted molar refractivity (Wildman–Crippen MR) is 150 cm³/mol. The van der Waals surface area contributed by atoms with Crippen molar-refractivity contribution >= 4 is 23.9 Å². The number of benzene rings is 2. The molecule has 1 aromatic heterocycles. The lowest BCUT2D eigenvalue weighted by atomic mass is 9.96. The van der Waals surface area contributed by atoms with E-state index in [1.807, 2.05) is 54.6 Å². The van der Waals surface area contributed by atoms with Gasteiger partial charge in [0.25, 0.3) is 5.91 Å². The quantitative estimate of drug-likeness (QED) is 0.319. The number of Topliss-reactive ketones (excluding diaryl/α,β-unsaturated/α-hetero) is 1. The van der Waals surface area contributed by atoms with Crippen molar-refractivity contribution in [2.75, 3.05) is 13.7 Å². The highest BCUT2D eigenvalue weighted by atomic mass is 16.5. The molecule has 9 nitrogen and oxygen atoms in total. The van der Waals surface area contributed by atoms with Gasteiger partial charge in [0.15, 0.2) is 5.82 Å². The molecule has 4 rings (SSSR count). The largest absolute Gasteiger partial charge is 0.497 e. The number of aldehydes is 1. The number of hydrogen-bond donors (Lipinski definition) is 2. The first-order valence-electron chi connectivity index (χ1n) is 13.6. The van der Waals surface area contributed by atoms with Gasteiger partial charge in [-0.25, -0.2) is 4.98 Å². The Balaban J connectivity index is 1.42. The van der Waals surface area contributed by atoms with Gasteiger partial charge in [-0.2, -0.15) is 0 Å². The van der Waals surface area contributed by atoms with Gasteiger partial charge in [0, 0.05) is 24.9 Å². The van der Waals surface area contributed by atoms with Gasteiger partial charge in [0.1, 0.15) is 23.9 Å². The van der Waals surface area contributed by atoms with Crippen LogP contribution in [0.5, 0.6) is 5.75 Å². The molecule has 3 atom stereocenters. The second-order valence-corrected chi connectivity index (χ2v) is 10.4. The summed E-state index contributed by atoms with van der Waals surface area (Å²) in [6.07, 6.45) is 5.79. The maximum atomic E-state index is 13.6. The molecule has 40 heavy (non-hydrogen) atoms. The summed E-state index contributed by atoms with van der Waals surface area (Å²) in [5.41, 5.74) is 3.17. The first kappa shape index (κ1) is 28.7. The van der Waals surface area contributed by atoms with Crippen molar-refractivity contribution in [1.29, 1.82) is 0 Å². The summed E-state index contributed by atoms with van der Waals surface area (Å²) in [7, 11) is 1.64. The van der Waals surface area contributed by atoms with Gasteiger partial charge in [-0.05, 0) is 68.2 Å². The van der Waals surface area contributed by atoms with E-state index in [0.29, 0.717) is 25.7 Å². The molecular weight excluding hydrogens is 508 g/mol. The van der Waals surface area contributed by atoms with E-state index in [4.69, 9.17) is 4.74 Å². The lowest BCUT2D eigenvalue weighted by molar-refractivity contribution is -0.128. The van der Waals surface area contributed by atoms with Gasteiger partial charge in [0.2, 0.25) is 5.91 Å². The molecule has 9 heteroatoms. The fourth-order valence-corrected chi connectivity index (χ4v) is 5.22. The summed E-state index contributed by atoms with van der Waals surface area (Å²) < 4.78 is 5.21. The van der Waals surface area contributed by atoms with Crippen LogP contribution in [0.3, 0.4) is 0 Å². The van der Waals surface area contributed by atoms with Crippen molar-refractivity contribution < 1.29 is 23.9 Å². The number of methoxy groups -OCH3 is 1. The number of carbonyl (C=O) groups is 4. The molecule has 210 valence electrons. The van der Waals surface area contributed by atoms with Crippen molar-refractivity contribution in [3.8, 4) is 5.75 Å². The highest BCUT2D eigenvalue weighted by Crippen LogP contribution is 2.28. The van der Waals surface area contributed by atoms with Crippen molar-refractivity contribution in [2.24, 2.45) is 5.92 Å². The molecule has 2 heterocycles. The number of aryl methyl sites for hydroxylation is 2. The molecule has 3 aromatic rings. The number of likely N-dealkylation sites (tertiary alicyclic amines) is 1. The number of hydrogen-bond acceptors (Lipinski definition) is 6. The Hall–Kier alpha value is -4.27. The van der Waals surface area contributed by atoms with Gasteiger partial charge in [-0.3, -0.25) is 14.4 Å². The van der Waals surface area contributed by atoms with Crippen molar-refractivity contribution in [3.63, 3.8) is 0 Å². The molecule has 1 aliphatic heterocycles. The van der Waals surface area contributed by atoms with Crippen molar-refractivity contribution in [2.45, 2.75) is 57.5 Å². The Labute approximate surface area is 234 Å². The van der Waals surface area contributed by atoms with Gasteiger partial charge in [-0.1, -0.05) is 42.5 Å². The number of carbonyl (C=O) groups excluding carboxylic acids is 4. The summed E-state index contributed by atoms with van der Waals surface area (Å²) in [6.45, 7) is 1.76. The minimum absolute atomic E-state index is 0.0588. The Morgan fingerprint density at radius 3 is 2.52 bits per heavy atom. The van der Waals surface area contributed by atoms with E-state index in [1.165, 1.54) is 12.5 Å². The molecule has 0 radical (unpaired) electrons. The van der Waals surface area contributed by atoms with Crippen LogP contribution in [0.25, 0.3) is 0 Å². The number of rotatable bonds is 13. The number of nitrogens with one attached hydrogen (secondary N) is 2. The van der Waals surface area contributed by atoms with Crippen molar-refractivity contribution in [3.05, 3.63) is 83.4 Å². The fraction of sp³-hybridized carbons (Fsp3) is 0.387. The molecule has 2 aromatic carbocycles. The first-order chi connectivity index (χ1) is 19.4. The number of nitrogens with zero attached hydrogens (tertiary/aromatic N) is 2. The topological polar surface area (TPSA) is 121 Å². The fourth-order valence-electron chi connectivity index (χ4n) is 5.22. The number of aromatic amines is 1. The van der Waals surface area contributed by atoms with Gasteiger partial charge >= 0.3 is 0 Å². The van der Waals surface area contributed by atoms with Gasteiger partial charge in [-0.15, -0.1) is 0 Å². The maximum Gasteiger partial charge on any atom is 0.290 e. The van der Waals surface area contributed by atoms with E-state index in [-0.39, 0.29) is 29.9 Å². The van der Waals surface area contributed by atoms with E-state index >= 15 is 0 Å². The third-order valence-corrected chi connectivity index (χ3v) is 7.22. The molecular formula is C31H36N4O5. The minimum Gasteiger partial charge on any atom is -0.497 e. The van der Waals surface area contributed by atoms with E-state index < -0.39 is 18.0 Å². The average Bonchev–Trinajstić information content (AvgIpc) is 3.60. The van der Waals surface area contributed by atoms with E-state index in [0.717, 1.165) is 36.3 Å². The van der Waals surface area contributed by atoms with Crippen LogP contribution >= 0.6 is 0 Å². The lowest BCUT2D eigenvalue weighted by Crippen LogP contribution is -2.49. The zero-order chi connectivity index (χ0) is 28.5. The monoisotopic (exact) mass is 544 g/mol. The molecule has 0 saturated carbocycles. The number of imidazole rings is 1. The first-order valence-corrected chi connectivity index (χ1v) is 13.6. The van der Waals surface area contributed by atoms with Crippen LogP contribution in [0, 0.1) is 5.92 Å². The number of ether oxygens (including phenoxy) is 1. The zero-order valence-corrected chi connectivity index (χ0v) is 23.0. The molecule has 0 spiro atoms. The molecule has 1 fully saturated rings. The maximum absolute atomic E-state index is 13.6. The number of aromatic nitrogens is 2. The third-order valence-electron chi connectivity index (χ3n) is 7.22. The molecule has 2 N–H and O–H groups in total. The van der Waals surface area contributed by atoms with Crippen LogP contribution in [-0.2, 0) is 33.6 Å². The normalized spacial score (nSPS) is 17.3. The summed E-state index contributed by atoms with van der Waals surface area (Å²) in [5, 5.41) is 2.66. The predicted octanol–water partition coefficient (Wildman–Crippen LogP) is 3.33. The van der Waals surface area contributed by atoms with E-state index in [9.17, 15) is 19.2 Å². The summed E-state index contributed by atoms with van der Waals surface area (Å²) in [5.74, 6) is 0.0754. The van der Waals surface area contributed by atoms with Crippen LogP contribution in [0.15, 0.2) is 60.8 Å². The van der Waals surface area contributed by atoms with Gasteiger partial charge < -0.3 is 24.7 Å². The van der Waals surface area contributed by atoms with Crippen LogP contribution in [0.2, 0.25) is 0 Å². The zero-order valence-electron chi connectivity index (χ0n) is 23.0. The van der Waals surface area contributed by atoms with Crippen LogP contribution < -0.4 is 10.1 Å². The number of ketones is 1. The molecule has 2 amide bonds. The number of amides is 2. The Bertz CT molecular complexity index is 1300. The van der Waals surface area contributed by atoms with E-state index in [2.05, 4.69) is 15.3 Å². The van der Waals surface area contributed by atoms with Crippen molar-refractivity contribution in [1.82, 2.24) is 20.2 Å². The Morgan fingerprint density at radius 2 is 1.85 bits per heavy atom. The lowest BCUT2D eigenvalue weighted by Gasteiger charge is -2.24. The summed E-state index contributed by atoms with van der Waals surface area (Å²) in [6, 6.07) is 16.2. The molecule has 1 aliphatic rings. The van der Waals surface area contributed by atoms with Crippen LogP contribution in [0.1, 0.15) is 53.6 Å². The smallest absolute Gasteiger partial charge is 0.290 e. The minimum atomic E-state index is -0.920. The molecule has 0 aliphatic carbocycles. The SMILES string of the molecule is COc1ccc(CCCc2cnc(C(=O)N3C[C@H](Cc4ccccc4)C[C@H]3C(=O)N[C@H](C=O)CC(C)=O)[nH]2)cc1. The van der Waals surface area contributed by atoms with Crippen LogP contribution in [-0.4, -0.2) is 64.5 Å². The van der Waals surface area contributed by atoms with Gasteiger partial charge in [0.05, 0.1) is 13.2 Å². The van der Waals surface area contributed by atoms with E-state index in [1.54, 1.807) is 18.2 Å².